The Balaban J connectivity index is 2.28. The SMILES string of the molecule is CCNC(=O)[C@H]1CN(C(=O)CC(C)(C)C[C@H](NC(=O)OC(C)(C)C)[C@@H](O)C[C@H](C(=O)O)C(C)C)c2ccccc2S1. The summed E-state index contributed by atoms with van der Waals surface area (Å²) in [7, 11) is 0. The minimum absolute atomic E-state index is 0.0670. The number of ether oxygens (including phenoxy) is 1. The molecule has 0 unspecified atom stereocenters. The predicted octanol–water partition coefficient (Wildman–Crippen LogP) is 4.44. The first-order valence-electron chi connectivity index (χ1n) is 14.2. The van der Waals surface area contributed by atoms with Crippen LogP contribution in [0.2, 0.25) is 0 Å². The molecule has 0 fully saturated rings. The molecule has 1 heterocycles. The van der Waals surface area contributed by atoms with Gasteiger partial charge in [-0.15, -0.1) is 11.8 Å². The molecule has 4 atom stereocenters. The molecule has 41 heavy (non-hydrogen) atoms. The quantitative estimate of drug-likeness (QED) is 0.278. The molecule has 11 heteroatoms. The summed E-state index contributed by atoms with van der Waals surface area (Å²) >= 11 is 1.43. The van der Waals surface area contributed by atoms with Crippen LogP contribution in [-0.4, -0.2) is 70.2 Å². The van der Waals surface area contributed by atoms with Crippen molar-refractivity contribution < 1.29 is 34.1 Å². The minimum atomic E-state index is -1.19. The van der Waals surface area contributed by atoms with Crippen molar-refractivity contribution in [2.75, 3.05) is 18.0 Å². The molecule has 0 saturated heterocycles. The number of rotatable bonds is 12. The number of thioether (sulfide) groups is 1. The van der Waals surface area contributed by atoms with Crippen LogP contribution in [0.4, 0.5) is 10.5 Å². The van der Waals surface area contributed by atoms with Gasteiger partial charge in [0.1, 0.15) is 10.9 Å². The lowest BCUT2D eigenvalue weighted by molar-refractivity contribution is -0.144. The maximum absolute atomic E-state index is 13.8. The van der Waals surface area contributed by atoms with Crippen molar-refractivity contribution in [1.82, 2.24) is 10.6 Å². The number of para-hydroxylation sites is 1. The highest BCUT2D eigenvalue weighted by Crippen LogP contribution is 2.40. The average Bonchev–Trinajstić information content (AvgIpc) is 2.84. The topological polar surface area (TPSA) is 145 Å². The fourth-order valence-electron chi connectivity index (χ4n) is 4.89. The number of benzene rings is 1. The normalized spacial score (nSPS) is 17.7. The van der Waals surface area contributed by atoms with Crippen LogP contribution in [0.3, 0.4) is 0 Å². The highest BCUT2D eigenvalue weighted by atomic mass is 32.2. The lowest BCUT2D eigenvalue weighted by Crippen LogP contribution is -2.50. The van der Waals surface area contributed by atoms with Gasteiger partial charge in [-0.05, 0) is 64.0 Å². The molecule has 0 bridgehead atoms. The molecule has 3 amide bonds. The minimum Gasteiger partial charge on any atom is -0.481 e. The molecular weight excluding hydrogens is 546 g/mol. The van der Waals surface area contributed by atoms with E-state index < -0.39 is 46.4 Å². The van der Waals surface area contributed by atoms with Gasteiger partial charge in [0.05, 0.1) is 23.8 Å². The predicted molar refractivity (Wildman–Crippen MR) is 160 cm³/mol. The fourth-order valence-corrected chi connectivity index (χ4v) is 6.07. The number of carboxylic acid groups (broad SMARTS) is 1. The third-order valence-electron chi connectivity index (χ3n) is 6.90. The van der Waals surface area contributed by atoms with Gasteiger partial charge >= 0.3 is 12.1 Å². The molecule has 0 aliphatic carbocycles. The van der Waals surface area contributed by atoms with Crippen molar-refractivity contribution in [3.8, 4) is 0 Å². The third-order valence-corrected chi connectivity index (χ3v) is 8.15. The number of amides is 3. The maximum Gasteiger partial charge on any atom is 0.407 e. The Morgan fingerprint density at radius 2 is 1.76 bits per heavy atom. The molecule has 0 aromatic heterocycles. The first-order valence-corrected chi connectivity index (χ1v) is 15.1. The Labute approximate surface area is 248 Å². The van der Waals surface area contributed by atoms with Crippen molar-refractivity contribution in [3.63, 3.8) is 0 Å². The Bertz CT molecular complexity index is 1090. The van der Waals surface area contributed by atoms with Crippen molar-refractivity contribution in [3.05, 3.63) is 24.3 Å². The number of aliphatic hydroxyl groups is 1. The van der Waals surface area contributed by atoms with Crippen molar-refractivity contribution in [1.29, 1.82) is 0 Å². The zero-order chi connectivity index (χ0) is 31.1. The van der Waals surface area contributed by atoms with Crippen LogP contribution in [0.1, 0.15) is 74.7 Å². The molecular formula is C30H47N3O7S. The second-order valence-corrected chi connectivity index (χ2v) is 14.0. The molecule has 4 N–H and O–H groups in total. The van der Waals surface area contributed by atoms with E-state index >= 15 is 0 Å². The zero-order valence-corrected chi connectivity index (χ0v) is 26.3. The number of carbonyl (C=O) groups is 4. The second kappa shape index (κ2) is 14.4. The molecule has 2 rings (SSSR count). The number of aliphatic hydroxyl groups excluding tert-OH is 1. The van der Waals surface area contributed by atoms with E-state index in [1.54, 1.807) is 39.5 Å². The lowest BCUT2D eigenvalue weighted by Gasteiger charge is -2.37. The van der Waals surface area contributed by atoms with Gasteiger partial charge in [-0.3, -0.25) is 14.4 Å². The summed E-state index contributed by atoms with van der Waals surface area (Å²) in [5.74, 6) is -2.38. The molecule has 10 nitrogen and oxygen atoms in total. The van der Waals surface area contributed by atoms with Gasteiger partial charge in [0.15, 0.2) is 0 Å². The van der Waals surface area contributed by atoms with Crippen LogP contribution in [0.25, 0.3) is 0 Å². The Kier molecular flexibility index (Phi) is 12.1. The van der Waals surface area contributed by atoms with Crippen LogP contribution in [0.15, 0.2) is 29.2 Å². The first kappa shape index (κ1) is 34.4. The summed E-state index contributed by atoms with van der Waals surface area (Å²) in [6.45, 7) is 15.0. The molecule has 1 aliphatic heterocycles. The van der Waals surface area contributed by atoms with Gasteiger partial charge in [0, 0.05) is 24.4 Å². The number of fused-ring (bicyclic) bond motifs is 1. The summed E-state index contributed by atoms with van der Waals surface area (Å²) in [6.07, 6.45) is -1.72. The van der Waals surface area contributed by atoms with E-state index in [0.29, 0.717) is 6.54 Å². The standard InChI is InChI=1S/C30H47N3O7S/c1-9-31-26(36)24-17-33(21-12-10-11-13-23(21)41-24)25(35)16-30(7,8)15-20(32-28(39)40-29(4,5)6)22(34)14-19(18(2)3)27(37)38/h10-13,18-20,22,24,34H,9,14-17H2,1-8H3,(H,31,36)(H,32,39)(H,37,38)/t19-,20-,22-,24+/m0/s1. The van der Waals surface area contributed by atoms with Gasteiger partial charge in [0.25, 0.3) is 0 Å². The van der Waals surface area contributed by atoms with Crippen molar-refractivity contribution >= 4 is 41.3 Å². The summed E-state index contributed by atoms with van der Waals surface area (Å²) in [5, 5.41) is 26.0. The smallest absolute Gasteiger partial charge is 0.407 e. The highest BCUT2D eigenvalue weighted by molar-refractivity contribution is 8.00. The number of alkyl carbamates (subject to hydrolysis) is 1. The van der Waals surface area contributed by atoms with Gasteiger partial charge in [-0.1, -0.05) is 39.8 Å². The summed E-state index contributed by atoms with van der Waals surface area (Å²) < 4.78 is 5.41. The summed E-state index contributed by atoms with van der Waals surface area (Å²) in [6, 6.07) is 6.61. The van der Waals surface area contributed by atoms with Crippen molar-refractivity contribution in [2.24, 2.45) is 17.3 Å². The number of hydrogen-bond acceptors (Lipinski definition) is 7. The number of aliphatic carboxylic acids is 1. The van der Waals surface area contributed by atoms with Crippen LogP contribution in [0, 0.1) is 17.3 Å². The van der Waals surface area contributed by atoms with E-state index in [0.717, 1.165) is 10.6 Å². The lowest BCUT2D eigenvalue weighted by atomic mass is 9.78. The van der Waals surface area contributed by atoms with Gasteiger partial charge in [0.2, 0.25) is 11.8 Å². The monoisotopic (exact) mass is 593 g/mol. The number of nitrogens with zero attached hydrogens (tertiary/aromatic N) is 1. The number of hydrogen-bond donors (Lipinski definition) is 4. The number of carbonyl (C=O) groups excluding carboxylic acids is 3. The average molecular weight is 594 g/mol. The highest BCUT2D eigenvalue weighted by Gasteiger charge is 2.38. The zero-order valence-electron chi connectivity index (χ0n) is 25.5. The largest absolute Gasteiger partial charge is 0.481 e. The third kappa shape index (κ3) is 10.5. The molecule has 1 aliphatic rings. The number of nitrogens with one attached hydrogen (secondary N) is 2. The Morgan fingerprint density at radius 3 is 2.32 bits per heavy atom. The van der Waals surface area contributed by atoms with Crippen molar-refractivity contribution in [2.45, 2.75) is 103 Å². The van der Waals surface area contributed by atoms with Crippen LogP contribution < -0.4 is 15.5 Å². The van der Waals surface area contributed by atoms with Gasteiger partial charge < -0.3 is 30.5 Å². The molecule has 230 valence electrons. The van der Waals surface area contributed by atoms with E-state index in [1.807, 2.05) is 45.0 Å². The Morgan fingerprint density at radius 1 is 1.12 bits per heavy atom. The van der Waals surface area contributed by atoms with Crippen LogP contribution in [0.5, 0.6) is 0 Å². The number of anilines is 1. The molecule has 0 saturated carbocycles. The van der Waals surface area contributed by atoms with E-state index in [2.05, 4.69) is 10.6 Å². The van der Waals surface area contributed by atoms with Gasteiger partial charge in [-0.25, -0.2) is 4.79 Å². The number of carboxylic acids is 1. The van der Waals surface area contributed by atoms with Crippen LogP contribution in [-0.2, 0) is 19.1 Å². The molecule has 0 spiro atoms. The molecule has 1 aromatic carbocycles. The summed E-state index contributed by atoms with van der Waals surface area (Å²) in [4.78, 5) is 53.4. The van der Waals surface area contributed by atoms with E-state index in [9.17, 15) is 29.4 Å². The Hall–Kier alpha value is -2.79. The van der Waals surface area contributed by atoms with E-state index in [-0.39, 0.29) is 43.5 Å². The molecule has 1 aromatic rings. The maximum atomic E-state index is 13.8. The first-order chi connectivity index (χ1) is 18.9. The van der Waals surface area contributed by atoms with E-state index in [1.165, 1.54) is 11.8 Å². The van der Waals surface area contributed by atoms with Gasteiger partial charge in [-0.2, -0.15) is 0 Å². The second-order valence-electron chi connectivity index (χ2n) is 12.8. The fraction of sp³-hybridized carbons (Fsp3) is 0.667. The molecule has 0 radical (unpaired) electrons. The van der Waals surface area contributed by atoms with Crippen LogP contribution >= 0.6 is 11.8 Å². The summed E-state index contributed by atoms with van der Waals surface area (Å²) in [5.41, 5.74) is -0.745. The van der Waals surface area contributed by atoms with E-state index in [4.69, 9.17) is 4.74 Å².